The smallest absolute Gasteiger partial charge is 0.273 e. The summed E-state index contributed by atoms with van der Waals surface area (Å²) >= 11 is 0. The number of oxime groups is 1. The van der Waals surface area contributed by atoms with E-state index in [9.17, 15) is 4.79 Å². The molecule has 0 atom stereocenters. The number of ether oxygens (including phenoxy) is 1. The van der Waals surface area contributed by atoms with Gasteiger partial charge in [0.1, 0.15) is 13.7 Å². The van der Waals surface area contributed by atoms with Gasteiger partial charge in [-0.15, -0.1) is 0 Å². The molecule has 0 aliphatic rings. The molecule has 2 aromatic rings. The van der Waals surface area contributed by atoms with Gasteiger partial charge in [0, 0.05) is 23.9 Å². The van der Waals surface area contributed by atoms with Crippen LogP contribution in [0.25, 0.3) is 0 Å². The van der Waals surface area contributed by atoms with Crippen molar-refractivity contribution in [3.63, 3.8) is 0 Å². The van der Waals surface area contributed by atoms with Crippen molar-refractivity contribution < 1.29 is 14.4 Å². The Morgan fingerprint density at radius 2 is 1.92 bits per heavy atom. The summed E-state index contributed by atoms with van der Waals surface area (Å²) in [6.45, 7) is 6.20. The summed E-state index contributed by atoms with van der Waals surface area (Å²) in [5.41, 5.74) is 4.71. The Labute approximate surface area is 147 Å². The van der Waals surface area contributed by atoms with Crippen molar-refractivity contribution in [3.8, 4) is 5.88 Å². The second-order valence-electron chi connectivity index (χ2n) is 5.66. The lowest BCUT2D eigenvalue weighted by Crippen LogP contribution is -2.29. The lowest BCUT2D eigenvalue weighted by molar-refractivity contribution is -0.114. The number of aryl methyl sites for hydroxylation is 3. The average molecular weight is 341 g/mol. The Morgan fingerprint density at radius 3 is 2.60 bits per heavy atom. The molecule has 0 bridgehead atoms. The molecule has 6 heteroatoms. The number of carbonyl (C=O) groups is 1. The molecule has 1 amide bonds. The molecule has 25 heavy (non-hydrogen) atoms. The molecule has 0 saturated heterocycles. The van der Waals surface area contributed by atoms with Gasteiger partial charge in [-0.25, -0.2) is 4.98 Å². The third-order valence-corrected chi connectivity index (χ3v) is 3.87. The van der Waals surface area contributed by atoms with Gasteiger partial charge < -0.3 is 14.9 Å². The zero-order valence-electron chi connectivity index (χ0n) is 15.2. The topological polar surface area (TPSA) is 72.8 Å². The Balaban J connectivity index is 2.31. The Kier molecular flexibility index (Phi) is 6.11. The highest BCUT2D eigenvalue weighted by atomic mass is 16.6. The van der Waals surface area contributed by atoms with Gasteiger partial charge in [-0.2, -0.15) is 0 Å². The minimum atomic E-state index is -0.324. The summed E-state index contributed by atoms with van der Waals surface area (Å²) < 4.78 is 5.90. The van der Waals surface area contributed by atoms with Crippen LogP contribution in [0.5, 0.6) is 5.88 Å². The largest absolute Gasteiger partial charge is 0.473 e. The molecule has 6 nitrogen and oxygen atoms in total. The van der Waals surface area contributed by atoms with Crippen LogP contribution in [0.15, 0.2) is 35.5 Å². The van der Waals surface area contributed by atoms with E-state index < -0.39 is 0 Å². The van der Waals surface area contributed by atoms with Crippen molar-refractivity contribution in [2.75, 3.05) is 14.2 Å². The molecule has 1 aromatic carbocycles. The number of nitrogens with zero attached hydrogens (tertiary/aromatic N) is 2. The first kappa shape index (κ1) is 18.4. The predicted molar refractivity (Wildman–Crippen MR) is 96.8 cm³/mol. The monoisotopic (exact) mass is 341 g/mol. The molecular weight excluding hydrogens is 318 g/mol. The van der Waals surface area contributed by atoms with Crippen molar-refractivity contribution in [1.29, 1.82) is 0 Å². The minimum absolute atomic E-state index is 0.203. The van der Waals surface area contributed by atoms with Gasteiger partial charge >= 0.3 is 0 Å². The van der Waals surface area contributed by atoms with Gasteiger partial charge in [-0.3, -0.25) is 4.79 Å². The maximum atomic E-state index is 12.1. The number of rotatable bonds is 6. The van der Waals surface area contributed by atoms with E-state index in [0.29, 0.717) is 11.4 Å². The quantitative estimate of drug-likeness (QED) is 0.648. The summed E-state index contributed by atoms with van der Waals surface area (Å²) in [4.78, 5) is 21.4. The number of hydrogen-bond donors (Lipinski definition) is 1. The fourth-order valence-corrected chi connectivity index (χ4v) is 2.41. The number of hydrogen-bond acceptors (Lipinski definition) is 5. The standard InChI is InChI=1S/C19H23N3O3/c1-12-10-13(2)19(21-14(12)3)25-11-15-8-6-7-9-16(15)17(22-24-5)18(23)20-4/h6-10H,11H2,1-5H3,(H,20,23)/b22-17+. The molecule has 0 spiro atoms. The first-order chi connectivity index (χ1) is 12.0. The molecular formula is C19H23N3O3. The number of nitrogens with one attached hydrogen (secondary N) is 1. The average Bonchev–Trinajstić information content (AvgIpc) is 2.61. The van der Waals surface area contributed by atoms with Crippen molar-refractivity contribution in [3.05, 3.63) is 58.3 Å². The van der Waals surface area contributed by atoms with Gasteiger partial charge in [0.2, 0.25) is 5.88 Å². The fourth-order valence-electron chi connectivity index (χ4n) is 2.41. The van der Waals surface area contributed by atoms with Crippen LogP contribution in [-0.2, 0) is 16.2 Å². The summed E-state index contributed by atoms with van der Waals surface area (Å²) in [6.07, 6.45) is 0. The molecule has 0 aliphatic carbocycles. The van der Waals surface area contributed by atoms with Crippen molar-refractivity contribution >= 4 is 11.6 Å². The highest BCUT2D eigenvalue weighted by Gasteiger charge is 2.17. The molecule has 0 saturated carbocycles. The maximum Gasteiger partial charge on any atom is 0.273 e. The number of benzene rings is 1. The number of pyridine rings is 1. The van der Waals surface area contributed by atoms with E-state index in [1.807, 2.05) is 51.1 Å². The van der Waals surface area contributed by atoms with Crippen molar-refractivity contribution in [2.45, 2.75) is 27.4 Å². The molecule has 1 aromatic heterocycles. The number of likely N-dealkylation sites (N-methyl/N-ethyl adjacent to an activating group) is 1. The maximum absolute atomic E-state index is 12.1. The van der Waals surface area contributed by atoms with Crippen molar-refractivity contribution in [2.24, 2.45) is 5.16 Å². The van der Waals surface area contributed by atoms with Crippen LogP contribution in [0.4, 0.5) is 0 Å². The first-order valence-electron chi connectivity index (χ1n) is 7.97. The Morgan fingerprint density at radius 1 is 1.20 bits per heavy atom. The molecule has 132 valence electrons. The second-order valence-corrected chi connectivity index (χ2v) is 5.66. The van der Waals surface area contributed by atoms with E-state index in [1.165, 1.54) is 7.11 Å². The minimum Gasteiger partial charge on any atom is -0.473 e. The van der Waals surface area contributed by atoms with Crippen LogP contribution in [-0.4, -0.2) is 30.8 Å². The van der Waals surface area contributed by atoms with E-state index in [1.54, 1.807) is 7.05 Å². The first-order valence-corrected chi connectivity index (χ1v) is 7.97. The van der Waals surface area contributed by atoms with Crippen LogP contribution >= 0.6 is 0 Å². The van der Waals surface area contributed by atoms with Gasteiger partial charge in [0.25, 0.3) is 5.91 Å². The van der Waals surface area contributed by atoms with Gasteiger partial charge in [-0.05, 0) is 38.0 Å². The van der Waals surface area contributed by atoms with Crippen LogP contribution in [0.3, 0.4) is 0 Å². The van der Waals surface area contributed by atoms with Crippen LogP contribution in [0, 0.1) is 20.8 Å². The highest BCUT2D eigenvalue weighted by Crippen LogP contribution is 2.20. The highest BCUT2D eigenvalue weighted by molar-refractivity contribution is 6.45. The number of amides is 1. The predicted octanol–water partition coefficient (Wildman–Crippen LogP) is 2.68. The molecule has 2 rings (SSSR count). The van der Waals surface area contributed by atoms with Gasteiger partial charge in [-0.1, -0.05) is 29.4 Å². The van der Waals surface area contributed by atoms with E-state index in [2.05, 4.69) is 15.5 Å². The lowest BCUT2D eigenvalue weighted by atomic mass is 10.0. The normalized spacial score (nSPS) is 11.2. The molecule has 0 fully saturated rings. The van der Waals surface area contributed by atoms with Crippen molar-refractivity contribution in [1.82, 2.24) is 10.3 Å². The van der Waals surface area contributed by atoms with E-state index in [0.717, 1.165) is 22.4 Å². The third-order valence-electron chi connectivity index (χ3n) is 3.87. The summed E-state index contributed by atoms with van der Waals surface area (Å²) in [7, 11) is 2.96. The van der Waals surface area contributed by atoms with Crippen LogP contribution in [0.2, 0.25) is 0 Å². The third kappa shape index (κ3) is 4.35. The zero-order valence-corrected chi connectivity index (χ0v) is 15.2. The fraction of sp³-hybridized carbons (Fsp3) is 0.316. The second kappa shape index (κ2) is 8.28. The summed E-state index contributed by atoms with van der Waals surface area (Å²) in [5.74, 6) is 0.262. The molecule has 0 radical (unpaired) electrons. The Hall–Kier alpha value is -2.89. The van der Waals surface area contributed by atoms with E-state index in [-0.39, 0.29) is 18.2 Å². The molecule has 1 heterocycles. The SMILES string of the molecule is CNC(=O)/C(=N/OC)c1ccccc1COc1nc(C)c(C)cc1C. The van der Waals surface area contributed by atoms with Crippen LogP contribution < -0.4 is 10.1 Å². The molecule has 1 N–H and O–H groups in total. The zero-order chi connectivity index (χ0) is 18.4. The summed E-state index contributed by atoms with van der Waals surface area (Å²) in [5, 5.41) is 6.43. The van der Waals surface area contributed by atoms with E-state index in [4.69, 9.17) is 9.57 Å². The number of carbonyl (C=O) groups excluding carboxylic acids is 1. The summed E-state index contributed by atoms with van der Waals surface area (Å²) in [6, 6.07) is 9.47. The van der Waals surface area contributed by atoms with Crippen LogP contribution in [0.1, 0.15) is 27.9 Å². The lowest BCUT2D eigenvalue weighted by Gasteiger charge is -2.13. The van der Waals surface area contributed by atoms with Gasteiger partial charge in [0.05, 0.1) is 0 Å². The number of aromatic nitrogens is 1. The Bertz CT molecular complexity index is 800. The molecule has 0 unspecified atom stereocenters. The van der Waals surface area contributed by atoms with Gasteiger partial charge in [0.15, 0.2) is 5.71 Å². The van der Waals surface area contributed by atoms with E-state index >= 15 is 0 Å². The molecule has 0 aliphatic heterocycles.